The molecule has 210 valence electrons. The fourth-order valence-electron chi connectivity index (χ4n) is 4.73. The molecule has 0 amide bonds. The number of aliphatic hydroxyl groups is 1. The lowest BCUT2D eigenvalue weighted by atomic mass is 10.1. The Kier molecular flexibility index (Phi) is 7.34. The summed E-state index contributed by atoms with van der Waals surface area (Å²) in [5, 5.41) is 23.4. The molecule has 3 heterocycles. The summed E-state index contributed by atoms with van der Waals surface area (Å²) < 4.78 is 15.0. The van der Waals surface area contributed by atoms with Crippen molar-refractivity contribution >= 4 is 16.7 Å². The number of carbonyl (C=O) groups is 1. The molecule has 0 unspecified atom stereocenters. The first-order valence-corrected chi connectivity index (χ1v) is 13.0. The maximum atomic E-state index is 13.5. The van der Waals surface area contributed by atoms with Crippen molar-refractivity contribution in [3.63, 3.8) is 0 Å². The van der Waals surface area contributed by atoms with Gasteiger partial charge in [0.05, 0.1) is 49.0 Å². The number of benzene rings is 2. The highest BCUT2D eigenvalue weighted by atomic mass is 16.5. The third kappa shape index (κ3) is 5.68. The van der Waals surface area contributed by atoms with Gasteiger partial charge < -0.3 is 19.8 Å². The van der Waals surface area contributed by atoms with E-state index in [0.717, 1.165) is 4.73 Å². The van der Waals surface area contributed by atoms with Crippen LogP contribution in [0.2, 0.25) is 0 Å². The maximum absolute atomic E-state index is 13.5. The van der Waals surface area contributed by atoms with Crippen molar-refractivity contribution in [2.24, 2.45) is 0 Å². The maximum Gasteiger partial charge on any atom is 0.282 e. The van der Waals surface area contributed by atoms with Gasteiger partial charge in [-0.2, -0.15) is 4.73 Å². The molecule has 41 heavy (non-hydrogen) atoms. The van der Waals surface area contributed by atoms with E-state index in [1.807, 2.05) is 6.07 Å². The van der Waals surface area contributed by atoms with E-state index in [1.165, 1.54) is 24.2 Å². The van der Waals surface area contributed by atoms with Crippen LogP contribution in [0.4, 0.5) is 0 Å². The van der Waals surface area contributed by atoms with Gasteiger partial charge in [0.1, 0.15) is 22.8 Å². The summed E-state index contributed by atoms with van der Waals surface area (Å²) in [4.78, 5) is 31.3. The van der Waals surface area contributed by atoms with Crippen LogP contribution in [0.1, 0.15) is 35.6 Å². The highest BCUT2D eigenvalue weighted by molar-refractivity contribution is 5.98. The Morgan fingerprint density at radius 1 is 1.07 bits per heavy atom. The second-order valence-corrected chi connectivity index (χ2v) is 10.4. The average Bonchev–Trinajstić information content (AvgIpc) is 3.19. The number of fused-ring (bicyclic) bond motifs is 1. The summed E-state index contributed by atoms with van der Waals surface area (Å²) >= 11 is 0. The van der Waals surface area contributed by atoms with Crippen molar-refractivity contribution in [2.45, 2.75) is 39.3 Å². The Morgan fingerprint density at radius 2 is 1.80 bits per heavy atom. The number of hydrogen-bond donors (Lipinski definition) is 1. The normalized spacial score (nSPS) is 11.5. The van der Waals surface area contributed by atoms with Crippen LogP contribution < -0.4 is 19.8 Å². The lowest BCUT2D eigenvalue weighted by Gasteiger charge is -2.22. The zero-order valence-electron chi connectivity index (χ0n) is 23.2. The number of hydrogen-bond acceptors (Lipinski definition) is 7. The Bertz CT molecular complexity index is 1780. The Labute approximate surface area is 236 Å². The first-order chi connectivity index (χ1) is 19.6. The SMILES string of the molecule is COc1ccc2c(Oc3ccc(CC(=O)c4c(C)n(CC(C)(C)O)n(-c5ccccc5)c4=O)nc3)cc[n+]([O-])c2c1. The molecule has 2 aromatic carbocycles. The lowest BCUT2D eigenvalue weighted by molar-refractivity contribution is -0.577. The van der Waals surface area contributed by atoms with Crippen molar-refractivity contribution in [2.75, 3.05) is 7.11 Å². The first-order valence-electron chi connectivity index (χ1n) is 13.0. The molecule has 0 fully saturated rings. The van der Waals surface area contributed by atoms with E-state index in [0.29, 0.717) is 45.2 Å². The van der Waals surface area contributed by atoms with Gasteiger partial charge in [-0.25, -0.2) is 4.68 Å². The van der Waals surface area contributed by atoms with Gasteiger partial charge >= 0.3 is 0 Å². The molecule has 5 rings (SSSR count). The molecule has 5 aromatic rings. The molecule has 1 N–H and O–H groups in total. The number of Topliss-reactive ketones (excluding diaryl/α,β-unsaturated/α-hetero) is 1. The fourth-order valence-corrected chi connectivity index (χ4v) is 4.73. The van der Waals surface area contributed by atoms with E-state index in [9.17, 15) is 19.9 Å². The zero-order valence-corrected chi connectivity index (χ0v) is 23.2. The number of carbonyl (C=O) groups excluding carboxylic acids is 1. The molecule has 0 spiro atoms. The van der Waals surface area contributed by atoms with Crippen LogP contribution in [-0.4, -0.2) is 37.9 Å². The molecule has 0 atom stereocenters. The summed E-state index contributed by atoms with van der Waals surface area (Å²) in [5.74, 6) is 1.05. The van der Waals surface area contributed by atoms with Gasteiger partial charge in [0.15, 0.2) is 12.0 Å². The third-order valence-electron chi connectivity index (χ3n) is 6.65. The predicted molar refractivity (Wildman–Crippen MR) is 153 cm³/mol. The molecular weight excluding hydrogens is 524 g/mol. The largest absolute Gasteiger partial charge is 0.618 e. The summed E-state index contributed by atoms with van der Waals surface area (Å²) in [5.41, 5.74) is 0.400. The number of methoxy groups -OCH3 is 1. The Balaban J connectivity index is 1.40. The van der Waals surface area contributed by atoms with Crippen LogP contribution in [0.15, 0.2) is 83.9 Å². The van der Waals surface area contributed by atoms with E-state index in [-0.39, 0.29) is 24.3 Å². The zero-order chi connectivity index (χ0) is 29.3. The molecule has 10 nitrogen and oxygen atoms in total. The average molecular weight is 555 g/mol. The minimum absolute atomic E-state index is 0.0531. The van der Waals surface area contributed by atoms with Crippen LogP contribution in [0.3, 0.4) is 0 Å². The molecule has 10 heteroatoms. The summed E-state index contributed by atoms with van der Waals surface area (Å²) in [6.45, 7) is 5.12. The second-order valence-electron chi connectivity index (χ2n) is 10.4. The van der Waals surface area contributed by atoms with Crippen LogP contribution in [-0.2, 0) is 13.0 Å². The minimum Gasteiger partial charge on any atom is -0.618 e. The van der Waals surface area contributed by atoms with Crippen LogP contribution >= 0.6 is 0 Å². The number of rotatable bonds is 9. The molecule has 0 aliphatic heterocycles. The molecule has 0 aliphatic rings. The molecule has 0 radical (unpaired) electrons. The molecule has 0 saturated carbocycles. The van der Waals surface area contributed by atoms with Crippen molar-refractivity contribution in [1.29, 1.82) is 0 Å². The number of aromatic nitrogens is 4. The predicted octanol–water partition coefficient (Wildman–Crippen LogP) is 4.13. The Hall–Kier alpha value is -4.96. The summed E-state index contributed by atoms with van der Waals surface area (Å²) in [6, 6.07) is 19.0. The van der Waals surface area contributed by atoms with Gasteiger partial charge in [-0.05, 0) is 57.2 Å². The van der Waals surface area contributed by atoms with Gasteiger partial charge in [0.2, 0.25) is 5.52 Å². The molecule has 0 bridgehead atoms. The highest BCUT2D eigenvalue weighted by Crippen LogP contribution is 2.30. The van der Waals surface area contributed by atoms with Crippen LogP contribution in [0, 0.1) is 12.1 Å². The number of ketones is 1. The van der Waals surface area contributed by atoms with Crippen molar-refractivity contribution < 1.29 is 24.1 Å². The topological polar surface area (TPSA) is 123 Å². The molecule has 3 aromatic heterocycles. The monoisotopic (exact) mass is 554 g/mol. The summed E-state index contributed by atoms with van der Waals surface area (Å²) in [6.07, 6.45) is 2.75. The van der Waals surface area contributed by atoms with Crippen LogP contribution in [0.25, 0.3) is 16.6 Å². The fraction of sp³-hybridized carbons (Fsp3) is 0.226. The van der Waals surface area contributed by atoms with Gasteiger partial charge in [-0.1, -0.05) is 18.2 Å². The van der Waals surface area contributed by atoms with Crippen LogP contribution in [0.5, 0.6) is 17.2 Å². The van der Waals surface area contributed by atoms with Crippen molar-refractivity contribution in [1.82, 2.24) is 14.3 Å². The van der Waals surface area contributed by atoms with Gasteiger partial charge in [0.25, 0.3) is 5.56 Å². The van der Waals surface area contributed by atoms with Gasteiger partial charge in [-0.15, -0.1) is 0 Å². The second kappa shape index (κ2) is 10.9. The molecule has 0 saturated heterocycles. The smallest absolute Gasteiger partial charge is 0.282 e. The first kappa shape index (κ1) is 27.6. The van der Waals surface area contributed by atoms with Crippen molar-refractivity contribution in [3.05, 3.63) is 112 Å². The van der Waals surface area contributed by atoms with Gasteiger partial charge in [0, 0.05) is 17.5 Å². The Morgan fingerprint density at radius 3 is 2.46 bits per heavy atom. The van der Waals surface area contributed by atoms with E-state index in [1.54, 1.807) is 86.1 Å². The quantitative estimate of drug-likeness (QED) is 0.165. The minimum atomic E-state index is -1.12. The van der Waals surface area contributed by atoms with Crippen molar-refractivity contribution in [3.8, 4) is 22.9 Å². The number of para-hydroxylation sites is 1. The van der Waals surface area contributed by atoms with Gasteiger partial charge in [-0.3, -0.25) is 19.3 Å². The standard InChI is InChI=1S/C31H30N4O6/c1-20-29(30(37)35(22-8-6-5-7-9-22)33(20)19-31(2,3)38)27(36)16-21-10-11-24(18-32-21)41-28-14-15-34(39)26-17-23(40-4)12-13-25(26)28/h5-15,17-18,38H,16,19H2,1-4H3. The lowest BCUT2D eigenvalue weighted by Crippen LogP contribution is -2.32. The highest BCUT2D eigenvalue weighted by Gasteiger charge is 2.27. The van der Waals surface area contributed by atoms with E-state index < -0.39 is 11.2 Å². The van der Waals surface area contributed by atoms with E-state index in [4.69, 9.17) is 9.47 Å². The van der Waals surface area contributed by atoms with E-state index in [2.05, 4.69) is 4.98 Å². The summed E-state index contributed by atoms with van der Waals surface area (Å²) in [7, 11) is 1.53. The number of pyridine rings is 2. The number of nitrogens with zero attached hydrogens (tertiary/aromatic N) is 4. The molecular formula is C31H30N4O6. The number of ether oxygens (including phenoxy) is 2. The van der Waals surface area contributed by atoms with E-state index >= 15 is 0 Å². The molecule has 0 aliphatic carbocycles. The third-order valence-corrected chi connectivity index (χ3v) is 6.65.